The summed E-state index contributed by atoms with van der Waals surface area (Å²) in [5.41, 5.74) is 1.16. The fourth-order valence-corrected chi connectivity index (χ4v) is 1.50. The highest BCUT2D eigenvalue weighted by atomic mass is 19.1. The highest BCUT2D eigenvalue weighted by Crippen LogP contribution is 2.09. The van der Waals surface area contributed by atoms with Crippen molar-refractivity contribution in [2.45, 2.75) is 20.3 Å². The maximum atomic E-state index is 12.9. The Morgan fingerprint density at radius 2 is 2.24 bits per heavy atom. The first-order valence-corrected chi connectivity index (χ1v) is 5.77. The van der Waals surface area contributed by atoms with Gasteiger partial charge in [-0.3, -0.25) is 4.79 Å². The summed E-state index contributed by atoms with van der Waals surface area (Å²) in [5.74, 6) is -0.491. The minimum Gasteiger partial charge on any atom is -0.382 e. The van der Waals surface area contributed by atoms with E-state index in [1.165, 1.54) is 18.2 Å². The van der Waals surface area contributed by atoms with Crippen molar-refractivity contribution in [3.8, 4) is 0 Å². The summed E-state index contributed by atoms with van der Waals surface area (Å²) < 4.78 is 18.0. The van der Waals surface area contributed by atoms with Crippen LogP contribution in [0.1, 0.15) is 29.3 Å². The molecule has 0 heterocycles. The van der Waals surface area contributed by atoms with Crippen LogP contribution in [0.4, 0.5) is 4.39 Å². The Balaban J connectivity index is 2.42. The van der Waals surface area contributed by atoms with Gasteiger partial charge in [0, 0.05) is 25.3 Å². The zero-order valence-electron chi connectivity index (χ0n) is 10.3. The Morgan fingerprint density at radius 1 is 1.47 bits per heavy atom. The predicted molar refractivity (Wildman–Crippen MR) is 64.6 cm³/mol. The van der Waals surface area contributed by atoms with Gasteiger partial charge in [-0.15, -0.1) is 0 Å². The van der Waals surface area contributed by atoms with Crippen molar-refractivity contribution in [3.05, 3.63) is 35.1 Å². The van der Waals surface area contributed by atoms with Crippen molar-refractivity contribution in [3.63, 3.8) is 0 Å². The monoisotopic (exact) mass is 239 g/mol. The van der Waals surface area contributed by atoms with Gasteiger partial charge < -0.3 is 10.1 Å². The van der Waals surface area contributed by atoms with E-state index in [2.05, 4.69) is 5.32 Å². The molecule has 17 heavy (non-hydrogen) atoms. The Hall–Kier alpha value is -1.42. The molecule has 4 heteroatoms. The van der Waals surface area contributed by atoms with E-state index < -0.39 is 0 Å². The summed E-state index contributed by atoms with van der Waals surface area (Å²) >= 11 is 0. The third-order valence-electron chi connectivity index (χ3n) is 2.39. The molecule has 0 saturated carbocycles. The number of ether oxygens (including phenoxy) is 1. The number of hydrogen-bond donors (Lipinski definition) is 1. The number of rotatable bonds is 6. The van der Waals surface area contributed by atoms with Crippen LogP contribution in [0.2, 0.25) is 0 Å². The van der Waals surface area contributed by atoms with Gasteiger partial charge in [0.15, 0.2) is 0 Å². The standard InChI is InChI=1S/C13H18FNO2/c1-3-17-8-4-7-15-13(16)12-6-5-11(14)9-10(12)2/h5-6,9H,3-4,7-8H2,1-2H3,(H,15,16). The number of amides is 1. The molecule has 0 bridgehead atoms. The van der Waals surface area contributed by atoms with E-state index in [9.17, 15) is 9.18 Å². The van der Waals surface area contributed by atoms with Gasteiger partial charge in [0.2, 0.25) is 0 Å². The van der Waals surface area contributed by atoms with Gasteiger partial charge in [0.1, 0.15) is 5.82 Å². The molecule has 0 radical (unpaired) electrons. The van der Waals surface area contributed by atoms with Crippen LogP contribution in [0.3, 0.4) is 0 Å². The second-order valence-corrected chi connectivity index (χ2v) is 3.77. The molecule has 1 aromatic rings. The quantitative estimate of drug-likeness (QED) is 0.773. The van der Waals surface area contributed by atoms with Gasteiger partial charge in [0.25, 0.3) is 5.91 Å². The molecule has 0 fully saturated rings. The zero-order chi connectivity index (χ0) is 12.7. The number of carbonyl (C=O) groups excluding carboxylic acids is 1. The van der Waals surface area contributed by atoms with Crippen molar-refractivity contribution in [1.82, 2.24) is 5.32 Å². The van der Waals surface area contributed by atoms with Gasteiger partial charge >= 0.3 is 0 Å². The average molecular weight is 239 g/mol. The third-order valence-corrected chi connectivity index (χ3v) is 2.39. The Kier molecular flexibility index (Phi) is 5.63. The molecule has 1 aromatic carbocycles. The van der Waals surface area contributed by atoms with E-state index in [0.29, 0.717) is 30.9 Å². The molecule has 1 N–H and O–H groups in total. The van der Waals surface area contributed by atoms with Gasteiger partial charge in [-0.2, -0.15) is 0 Å². The largest absolute Gasteiger partial charge is 0.382 e. The van der Waals surface area contributed by atoms with Crippen LogP contribution in [0.25, 0.3) is 0 Å². The van der Waals surface area contributed by atoms with Crippen molar-refractivity contribution in [1.29, 1.82) is 0 Å². The number of halogens is 1. The van der Waals surface area contributed by atoms with E-state index in [1.807, 2.05) is 6.92 Å². The van der Waals surface area contributed by atoms with Crippen molar-refractivity contribution in [2.24, 2.45) is 0 Å². The van der Waals surface area contributed by atoms with Gasteiger partial charge in [-0.05, 0) is 44.0 Å². The molecule has 1 amide bonds. The minimum atomic E-state index is -0.324. The lowest BCUT2D eigenvalue weighted by Gasteiger charge is -2.07. The van der Waals surface area contributed by atoms with E-state index in [4.69, 9.17) is 4.74 Å². The fourth-order valence-electron chi connectivity index (χ4n) is 1.50. The molecule has 0 aliphatic carbocycles. The van der Waals surface area contributed by atoms with Gasteiger partial charge in [-0.25, -0.2) is 4.39 Å². The molecule has 0 unspecified atom stereocenters. The Labute approximate surface area is 101 Å². The second-order valence-electron chi connectivity index (χ2n) is 3.77. The smallest absolute Gasteiger partial charge is 0.251 e. The first-order chi connectivity index (χ1) is 8.15. The van der Waals surface area contributed by atoms with Crippen molar-refractivity contribution >= 4 is 5.91 Å². The van der Waals surface area contributed by atoms with E-state index in [1.54, 1.807) is 6.92 Å². The lowest BCUT2D eigenvalue weighted by atomic mass is 10.1. The SMILES string of the molecule is CCOCCCNC(=O)c1ccc(F)cc1C. The summed E-state index contributed by atoms with van der Waals surface area (Å²) in [6.07, 6.45) is 0.778. The third kappa shape index (κ3) is 4.53. The van der Waals surface area contributed by atoms with Gasteiger partial charge in [-0.1, -0.05) is 0 Å². The first kappa shape index (κ1) is 13.6. The molecular formula is C13H18FNO2. The van der Waals surface area contributed by atoms with E-state index in [0.717, 1.165) is 6.42 Å². The van der Waals surface area contributed by atoms with Crippen LogP contribution in [0, 0.1) is 12.7 Å². The van der Waals surface area contributed by atoms with Crippen molar-refractivity contribution in [2.75, 3.05) is 19.8 Å². The number of aryl methyl sites for hydroxylation is 1. The molecule has 0 saturated heterocycles. The normalized spacial score (nSPS) is 10.3. The zero-order valence-corrected chi connectivity index (χ0v) is 10.3. The lowest BCUT2D eigenvalue weighted by Crippen LogP contribution is -2.26. The van der Waals surface area contributed by atoms with Crippen LogP contribution in [0.5, 0.6) is 0 Å². The Morgan fingerprint density at radius 3 is 2.88 bits per heavy atom. The number of hydrogen-bond acceptors (Lipinski definition) is 2. The molecule has 0 atom stereocenters. The van der Waals surface area contributed by atoms with Crippen LogP contribution in [-0.4, -0.2) is 25.7 Å². The summed E-state index contributed by atoms with van der Waals surface area (Å²) in [7, 11) is 0. The first-order valence-electron chi connectivity index (χ1n) is 5.77. The fraction of sp³-hybridized carbons (Fsp3) is 0.462. The molecule has 0 spiro atoms. The maximum Gasteiger partial charge on any atom is 0.251 e. The van der Waals surface area contributed by atoms with Crippen LogP contribution in [-0.2, 0) is 4.74 Å². The number of nitrogens with one attached hydrogen (secondary N) is 1. The molecular weight excluding hydrogens is 221 g/mol. The highest BCUT2D eigenvalue weighted by molar-refractivity contribution is 5.95. The molecule has 94 valence electrons. The molecule has 3 nitrogen and oxygen atoms in total. The molecule has 0 aliphatic rings. The Bertz CT molecular complexity index is 380. The number of benzene rings is 1. The highest BCUT2D eigenvalue weighted by Gasteiger charge is 2.08. The summed E-state index contributed by atoms with van der Waals surface area (Å²) in [6, 6.07) is 4.15. The summed E-state index contributed by atoms with van der Waals surface area (Å²) in [4.78, 5) is 11.7. The molecule has 1 rings (SSSR count). The van der Waals surface area contributed by atoms with Crippen LogP contribution < -0.4 is 5.32 Å². The maximum absolute atomic E-state index is 12.9. The molecule has 0 aliphatic heterocycles. The number of carbonyl (C=O) groups is 1. The topological polar surface area (TPSA) is 38.3 Å². The van der Waals surface area contributed by atoms with E-state index in [-0.39, 0.29) is 11.7 Å². The van der Waals surface area contributed by atoms with Crippen LogP contribution in [0.15, 0.2) is 18.2 Å². The summed E-state index contributed by atoms with van der Waals surface area (Å²) in [5, 5.41) is 2.78. The van der Waals surface area contributed by atoms with Crippen LogP contribution >= 0.6 is 0 Å². The second kappa shape index (κ2) is 7.01. The van der Waals surface area contributed by atoms with Gasteiger partial charge in [0.05, 0.1) is 0 Å². The summed E-state index contributed by atoms with van der Waals surface area (Å²) in [6.45, 7) is 5.54. The molecule has 0 aromatic heterocycles. The predicted octanol–water partition coefficient (Wildman–Crippen LogP) is 2.29. The average Bonchev–Trinajstić information content (AvgIpc) is 2.28. The lowest BCUT2D eigenvalue weighted by molar-refractivity contribution is 0.0943. The minimum absolute atomic E-state index is 0.168. The van der Waals surface area contributed by atoms with E-state index >= 15 is 0 Å². The van der Waals surface area contributed by atoms with Crippen molar-refractivity contribution < 1.29 is 13.9 Å².